The highest BCUT2D eigenvalue weighted by Crippen LogP contribution is 2.35. The smallest absolute Gasteiger partial charge is 0.417 e. The first-order valence-corrected chi connectivity index (χ1v) is 7.06. The van der Waals surface area contributed by atoms with E-state index in [9.17, 15) is 9.59 Å². The molecule has 1 heterocycles. The molecule has 1 saturated heterocycles. The van der Waals surface area contributed by atoms with Crippen LogP contribution in [-0.2, 0) is 9.53 Å². The number of hydrogen-bond acceptors (Lipinski definition) is 3. The third kappa shape index (κ3) is 2.71. The van der Waals surface area contributed by atoms with Gasteiger partial charge in [0.15, 0.2) is 0 Å². The average molecular weight is 287 g/mol. The Balaban J connectivity index is 2.33. The zero-order valence-electron chi connectivity index (χ0n) is 12.9. The molecule has 21 heavy (non-hydrogen) atoms. The lowest BCUT2D eigenvalue weighted by Gasteiger charge is -2.31. The Bertz CT molecular complexity index is 575. The lowest BCUT2D eigenvalue weighted by Crippen LogP contribution is -2.48. The summed E-state index contributed by atoms with van der Waals surface area (Å²) in [5.74, 6) is -0.297. The SMILES string of the molecule is C=C(C(=O)N1C(=O)OC(C)(C)[C@H]1C(C)C)c1ccccc1. The van der Waals surface area contributed by atoms with Gasteiger partial charge >= 0.3 is 6.09 Å². The standard InChI is InChI=1S/C17H21NO3/c1-11(2)14-17(4,5)21-16(20)18(14)15(19)12(3)13-9-7-6-8-10-13/h6-11,14H,3H2,1-2,4-5H3/t14-/m1/s1. The van der Waals surface area contributed by atoms with E-state index in [2.05, 4.69) is 6.58 Å². The van der Waals surface area contributed by atoms with Gasteiger partial charge in [0.2, 0.25) is 0 Å². The summed E-state index contributed by atoms with van der Waals surface area (Å²) in [6.45, 7) is 11.4. The molecule has 112 valence electrons. The van der Waals surface area contributed by atoms with Gasteiger partial charge in [-0.2, -0.15) is 0 Å². The Hall–Kier alpha value is -2.10. The van der Waals surface area contributed by atoms with Crippen molar-refractivity contribution in [2.45, 2.75) is 39.3 Å². The number of cyclic esters (lactones) is 1. The van der Waals surface area contributed by atoms with E-state index in [1.807, 2.05) is 45.9 Å². The molecule has 0 aliphatic carbocycles. The Kier molecular flexibility index (Phi) is 3.90. The molecule has 4 nitrogen and oxygen atoms in total. The van der Waals surface area contributed by atoms with Crippen molar-refractivity contribution in [3.05, 3.63) is 42.5 Å². The molecule has 1 fully saturated rings. The van der Waals surface area contributed by atoms with Gasteiger partial charge in [-0.15, -0.1) is 0 Å². The predicted octanol–water partition coefficient (Wildman–Crippen LogP) is 3.48. The molecular weight excluding hydrogens is 266 g/mol. The zero-order chi connectivity index (χ0) is 15.8. The second-order valence-corrected chi connectivity index (χ2v) is 6.18. The van der Waals surface area contributed by atoms with E-state index in [0.717, 1.165) is 0 Å². The second kappa shape index (κ2) is 5.35. The van der Waals surface area contributed by atoms with Crippen molar-refractivity contribution in [2.24, 2.45) is 5.92 Å². The number of nitrogens with zero attached hydrogens (tertiary/aromatic N) is 1. The number of amides is 2. The van der Waals surface area contributed by atoms with Gasteiger partial charge in [0.1, 0.15) is 5.60 Å². The van der Waals surface area contributed by atoms with Crippen LogP contribution in [0.15, 0.2) is 36.9 Å². The summed E-state index contributed by atoms with van der Waals surface area (Å²) >= 11 is 0. The van der Waals surface area contributed by atoms with E-state index in [-0.39, 0.29) is 12.0 Å². The maximum Gasteiger partial charge on any atom is 0.417 e. The molecule has 4 heteroatoms. The monoisotopic (exact) mass is 287 g/mol. The number of carbonyl (C=O) groups is 2. The second-order valence-electron chi connectivity index (χ2n) is 6.18. The molecular formula is C17H21NO3. The van der Waals surface area contributed by atoms with Gasteiger partial charge in [0, 0.05) is 5.57 Å². The molecule has 1 atom stereocenters. The van der Waals surface area contributed by atoms with Gasteiger partial charge in [0.25, 0.3) is 5.91 Å². The number of hydrogen-bond donors (Lipinski definition) is 0. The molecule has 1 aromatic rings. The molecule has 1 aromatic carbocycles. The lowest BCUT2D eigenvalue weighted by molar-refractivity contribution is -0.124. The summed E-state index contributed by atoms with van der Waals surface area (Å²) in [6, 6.07) is 8.83. The first-order valence-electron chi connectivity index (χ1n) is 7.06. The number of benzene rings is 1. The Labute approximate surface area is 125 Å². The van der Waals surface area contributed by atoms with Crippen molar-refractivity contribution in [1.82, 2.24) is 4.90 Å². The van der Waals surface area contributed by atoms with Crippen molar-refractivity contribution in [3.63, 3.8) is 0 Å². The minimum absolute atomic E-state index is 0.0963. The predicted molar refractivity (Wildman–Crippen MR) is 81.5 cm³/mol. The van der Waals surface area contributed by atoms with Crippen LogP contribution in [0.25, 0.3) is 5.57 Å². The van der Waals surface area contributed by atoms with Gasteiger partial charge in [-0.1, -0.05) is 50.8 Å². The summed E-state index contributed by atoms with van der Waals surface area (Å²) in [4.78, 5) is 26.0. The third-order valence-corrected chi connectivity index (χ3v) is 3.77. The Morgan fingerprint density at radius 2 is 1.86 bits per heavy atom. The summed E-state index contributed by atoms with van der Waals surface area (Å²) < 4.78 is 5.37. The summed E-state index contributed by atoms with van der Waals surface area (Å²) in [5.41, 5.74) is 0.316. The fourth-order valence-electron chi connectivity index (χ4n) is 2.98. The van der Waals surface area contributed by atoms with Crippen molar-refractivity contribution in [3.8, 4) is 0 Å². The molecule has 2 rings (SSSR count). The summed E-state index contributed by atoms with van der Waals surface area (Å²) in [6.07, 6.45) is -0.596. The molecule has 2 amide bonds. The van der Waals surface area contributed by atoms with Gasteiger partial charge in [-0.3, -0.25) is 4.79 Å². The third-order valence-electron chi connectivity index (χ3n) is 3.77. The maximum absolute atomic E-state index is 12.7. The van der Waals surface area contributed by atoms with E-state index in [0.29, 0.717) is 11.1 Å². The van der Waals surface area contributed by atoms with Crippen molar-refractivity contribution < 1.29 is 14.3 Å². The normalized spacial score (nSPS) is 20.5. The van der Waals surface area contributed by atoms with Crippen LogP contribution in [0.4, 0.5) is 4.79 Å². The molecule has 0 aromatic heterocycles. The maximum atomic E-state index is 12.7. The van der Waals surface area contributed by atoms with Crippen LogP contribution in [0.1, 0.15) is 33.3 Å². The number of carbonyl (C=O) groups excluding carboxylic acids is 2. The highest BCUT2D eigenvalue weighted by Gasteiger charge is 2.52. The molecule has 1 aliphatic rings. The van der Waals surface area contributed by atoms with E-state index in [1.165, 1.54) is 4.90 Å². The van der Waals surface area contributed by atoms with E-state index < -0.39 is 17.6 Å². The van der Waals surface area contributed by atoms with Gasteiger partial charge < -0.3 is 4.74 Å². The molecule has 0 radical (unpaired) electrons. The molecule has 0 N–H and O–H groups in total. The first-order chi connectivity index (χ1) is 9.75. The van der Waals surface area contributed by atoms with Crippen LogP contribution >= 0.6 is 0 Å². The van der Waals surface area contributed by atoms with Crippen LogP contribution < -0.4 is 0 Å². The van der Waals surface area contributed by atoms with Crippen LogP contribution in [0.2, 0.25) is 0 Å². The molecule has 0 bridgehead atoms. The Morgan fingerprint density at radius 1 is 1.29 bits per heavy atom. The quantitative estimate of drug-likeness (QED) is 0.800. The zero-order valence-corrected chi connectivity index (χ0v) is 12.9. The van der Waals surface area contributed by atoms with Gasteiger partial charge in [-0.25, -0.2) is 9.69 Å². The summed E-state index contributed by atoms with van der Waals surface area (Å²) in [5, 5.41) is 0. The van der Waals surface area contributed by atoms with Crippen LogP contribution in [0.5, 0.6) is 0 Å². The molecule has 1 aliphatic heterocycles. The number of imide groups is 1. The highest BCUT2D eigenvalue weighted by atomic mass is 16.6. The Morgan fingerprint density at radius 3 is 2.38 bits per heavy atom. The van der Waals surface area contributed by atoms with E-state index in [4.69, 9.17) is 4.74 Å². The molecule has 0 spiro atoms. The minimum Gasteiger partial charge on any atom is -0.441 e. The van der Waals surface area contributed by atoms with Gasteiger partial charge in [-0.05, 0) is 25.3 Å². The van der Waals surface area contributed by atoms with Crippen molar-refractivity contribution in [2.75, 3.05) is 0 Å². The van der Waals surface area contributed by atoms with Crippen molar-refractivity contribution in [1.29, 1.82) is 0 Å². The van der Waals surface area contributed by atoms with Crippen LogP contribution in [0.3, 0.4) is 0 Å². The fourth-order valence-corrected chi connectivity index (χ4v) is 2.98. The van der Waals surface area contributed by atoms with E-state index >= 15 is 0 Å². The topological polar surface area (TPSA) is 46.6 Å². The first kappa shape index (κ1) is 15.3. The van der Waals surface area contributed by atoms with Gasteiger partial charge in [0.05, 0.1) is 6.04 Å². The van der Waals surface area contributed by atoms with E-state index in [1.54, 1.807) is 12.1 Å². The molecule has 0 unspecified atom stereocenters. The lowest BCUT2D eigenvalue weighted by atomic mass is 9.88. The fraction of sp³-hybridized carbons (Fsp3) is 0.412. The minimum atomic E-state index is -0.697. The van der Waals surface area contributed by atoms with Crippen LogP contribution in [-0.4, -0.2) is 28.5 Å². The van der Waals surface area contributed by atoms with Crippen LogP contribution in [0, 0.1) is 5.92 Å². The largest absolute Gasteiger partial charge is 0.441 e. The number of ether oxygens (including phenoxy) is 1. The highest BCUT2D eigenvalue weighted by molar-refractivity contribution is 6.22. The molecule has 0 saturated carbocycles. The number of rotatable bonds is 3. The van der Waals surface area contributed by atoms with Crippen molar-refractivity contribution >= 4 is 17.6 Å². The summed E-state index contributed by atoms with van der Waals surface area (Å²) in [7, 11) is 0. The average Bonchev–Trinajstić information content (AvgIpc) is 2.67.